The van der Waals surface area contributed by atoms with Crippen LogP contribution in [0.3, 0.4) is 0 Å². The van der Waals surface area contributed by atoms with Crippen LogP contribution in [0.1, 0.15) is 27.2 Å². The predicted molar refractivity (Wildman–Crippen MR) is 51.1 cm³/mol. The van der Waals surface area contributed by atoms with Gasteiger partial charge in [-0.15, -0.1) is 6.58 Å². The molecule has 2 heteroatoms. The van der Waals surface area contributed by atoms with Gasteiger partial charge in [-0.2, -0.15) is 0 Å². The van der Waals surface area contributed by atoms with Gasteiger partial charge in [0.15, 0.2) is 0 Å². The summed E-state index contributed by atoms with van der Waals surface area (Å²) >= 11 is 0. The van der Waals surface area contributed by atoms with Crippen molar-refractivity contribution in [2.75, 3.05) is 7.11 Å². The van der Waals surface area contributed by atoms with Crippen LogP contribution in [0.15, 0.2) is 12.7 Å². The van der Waals surface area contributed by atoms with Gasteiger partial charge in [-0.25, -0.2) is 0 Å². The minimum Gasteiger partial charge on any atom is -0.392 e. The summed E-state index contributed by atoms with van der Waals surface area (Å²) in [6.45, 7) is 9.56. The molecule has 0 unspecified atom stereocenters. The number of aliphatic hydroxyl groups excluding tert-OH is 1. The molecule has 0 aromatic heterocycles. The third-order valence-corrected chi connectivity index (χ3v) is 2.34. The molecule has 12 heavy (non-hydrogen) atoms. The molecule has 0 aliphatic carbocycles. The first-order chi connectivity index (χ1) is 5.44. The largest absolute Gasteiger partial charge is 0.392 e. The minimum atomic E-state index is -0.384. The SMILES string of the molecule is C=CC(C)(C)[C@@H](O)C[C@@H](C)OC. The van der Waals surface area contributed by atoms with E-state index in [2.05, 4.69) is 6.58 Å². The number of hydrogen-bond acceptors (Lipinski definition) is 2. The highest BCUT2D eigenvalue weighted by molar-refractivity contribution is 4.93. The van der Waals surface area contributed by atoms with Gasteiger partial charge < -0.3 is 9.84 Å². The quantitative estimate of drug-likeness (QED) is 0.643. The van der Waals surface area contributed by atoms with Gasteiger partial charge in [-0.1, -0.05) is 19.9 Å². The average molecular weight is 172 g/mol. The van der Waals surface area contributed by atoms with Crippen molar-refractivity contribution in [1.29, 1.82) is 0 Å². The van der Waals surface area contributed by atoms with Crippen LogP contribution in [0.5, 0.6) is 0 Å². The molecule has 0 aromatic rings. The number of methoxy groups -OCH3 is 1. The Balaban J connectivity index is 4.02. The van der Waals surface area contributed by atoms with Crippen LogP contribution in [0.4, 0.5) is 0 Å². The van der Waals surface area contributed by atoms with Crippen LogP contribution in [-0.4, -0.2) is 24.4 Å². The van der Waals surface area contributed by atoms with Crippen molar-refractivity contribution < 1.29 is 9.84 Å². The van der Waals surface area contributed by atoms with Crippen LogP contribution in [0.25, 0.3) is 0 Å². The van der Waals surface area contributed by atoms with Crippen molar-refractivity contribution in [3.05, 3.63) is 12.7 Å². The van der Waals surface area contributed by atoms with E-state index in [0.29, 0.717) is 6.42 Å². The van der Waals surface area contributed by atoms with Crippen LogP contribution >= 0.6 is 0 Å². The van der Waals surface area contributed by atoms with E-state index in [4.69, 9.17) is 4.74 Å². The summed E-state index contributed by atoms with van der Waals surface area (Å²) in [4.78, 5) is 0. The Morgan fingerprint density at radius 2 is 2.08 bits per heavy atom. The Morgan fingerprint density at radius 1 is 1.58 bits per heavy atom. The molecule has 0 heterocycles. The molecular formula is C10H20O2. The van der Waals surface area contributed by atoms with E-state index < -0.39 is 0 Å². The highest BCUT2D eigenvalue weighted by Crippen LogP contribution is 2.25. The topological polar surface area (TPSA) is 29.5 Å². The van der Waals surface area contributed by atoms with E-state index in [-0.39, 0.29) is 17.6 Å². The van der Waals surface area contributed by atoms with Gasteiger partial charge in [0.2, 0.25) is 0 Å². The van der Waals surface area contributed by atoms with Gasteiger partial charge in [-0.3, -0.25) is 0 Å². The third-order valence-electron chi connectivity index (χ3n) is 2.34. The zero-order valence-electron chi connectivity index (χ0n) is 8.50. The van der Waals surface area contributed by atoms with Crippen LogP contribution in [0, 0.1) is 5.41 Å². The first-order valence-corrected chi connectivity index (χ1v) is 4.28. The second-order valence-corrected chi connectivity index (χ2v) is 3.82. The minimum absolute atomic E-state index is 0.0965. The Kier molecular flexibility index (Phi) is 4.50. The summed E-state index contributed by atoms with van der Waals surface area (Å²) in [5.41, 5.74) is -0.229. The molecule has 0 aliphatic heterocycles. The summed E-state index contributed by atoms with van der Waals surface area (Å²) in [7, 11) is 1.65. The van der Waals surface area contributed by atoms with Crippen LogP contribution in [0.2, 0.25) is 0 Å². The van der Waals surface area contributed by atoms with Gasteiger partial charge in [-0.05, 0) is 6.92 Å². The van der Waals surface area contributed by atoms with Crippen molar-refractivity contribution >= 4 is 0 Å². The van der Waals surface area contributed by atoms with Gasteiger partial charge in [0.25, 0.3) is 0 Å². The second-order valence-electron chi connectivity index (χ2n) is 3.82. The summed E-state index contributed by atoms with van der Waals surface area (Å²) < 4.78 is 5.07. The van der Waals surface area contributed by atoms with Crippen molar-refractivity contribution in [3.63, 3.8) is 0 Å². The number of aliphatic hydroxyl groups is 1. The van der Waals surface area contributed by atoms with Gasteiger partial charge >= 0.3 is 0 Å². The molecular weight excluding hydrogens is 152 g/mol. The van der Waals surface area contributed by atoms with E-state index in [0.717, 1.165) is 0 Å². The van der Waals surface area contributed by atoms with Gasteiger partial charge in [0, 0.05) is 18.9 Å². The first kappa shape index (κ1) is 11.7. The van der Waals surface area contributed by atoms with Crippen LogP contribution in [-0.2, 0) is 4.74 Å². The highest BCUT2D eigenvalue weighted by atomic mass is 16.5. The second kappa shape index (κ2) is 4.63. The lowest BCUT2D eigenvalue weighted by Gasteiger charge is -2.28. The fraction of sp³-hybridized carbons (Fsp3) is 0.800. The fourth-order valence-corrected chi connectivity index (χ4v) is 0.850. The lowest BCUT2D eigenvalue weighted by Crippen LogP contribution is -2.30. The average Bonchev–Trinajstić information content (AvgIpc) is 2.04. The number of rotatable bonds is 5. The molecule has 0 saturated carbocycles. The maximum Gasteiger partial charge on any atom is 0.0650 e. The van der Waals surface area contributed by atoms with E-state index >= 15 is 0 Å². The molecule has 0 spiro atoms. The van der Waals surface area contributed by atoms with E-state index in [1.54, 1.807) is 13.2 Å². The van der Waals surface area contributed by atoms with E-state index in [9.17, 15) is 5.11 Å². The maximum atomic E-state index is 9.73. The molecule has 0 amide bonds. The molecule has 2 nitrogen and oxygen atoms in total. The van der Waals surface area contributed by atoms with E-state index in [1.807, 2.05) is 20.8 Å². The lowest BCUT2D eigenvalue weighted by molar-refractivity contribution is 0.0145. The van der Waals surface area contributed by atoms with Gasteiger partial charge in [0.05, 0.1) is 12.2 Å². The molecule has 72 valence electrons. The zero-order chi connectivity index (χ0) is 9.78. The Labute approximate surface area is 75.2 Å². The molecule has 0 rings (SSSR count). The molecule has 0 aromatic carbocycles. The summed E-state index contributed by atoms with van der Waals surface area (Å²) in [6, 6.07) is 0. The third kappa shape index (κ3) is 3.37. The molecule has 1 N–H and O–H groups in total. The monoisotopic (exact) mass is 172 g/mol. The Morgan fingerprint density at radius 3 is 2.42 bits per heavy atom. The maximum absolute atomic E-state index is 9.73. The molecule has 0 saturated heterocycles. The molecule has 0 radical (unpaired) electrons. The van der Waals surface area contributed by atoms with Crippen molar-refractivity contribution in [1.82, 2.24) is 0 Å². The van der Waals surface area contributed by atoms with Crippen molar-refractivity contribution in [3.8, 4) is 0 Å². The molecule has 2 atom stereocenters. The zero-order valence-corrected chi connectivity index (χ0v) is 8.50. The summed E-state index contributed by atoms with van der Waals surface area (Å²) in [5.74, 6) is 0. The smallest absolute Gasteiger partial charge is 0.0650 e. The van der Waals surface area contributed by atoms with Crippen molar-refractivity contribution in [2.24, 2.45) is 5.41 Å². The Hall–Kier alpha value is -0.340. The summed E-state index contributed by atoms with van der Waals surface area (Å²) in [6.07, 6.45) is 2.14. The normalized spacial score (nSPS) is 17.1. The fourth-order valence-electron chi connectivity index (χ4n) is 0.850. The predicted octanol–water partition coefficient (Wildman–Crippen LogP) is 1.98. The van der Waals surface area contributed by atoms with Gasteiger partial charge in [0.1, 0.15) is 0 Å². The standard InChI is InChI=1S/C10H20O2/c1-6-10(3,4)9(11)7-8(2)12-5/h6,8-9,11H,1,7H2,2-5H3/t8-,9+/m1/s1. The highest BCUT2D eigenvalue weighted by Gasteiger charge is 2.25. The lowest BCUT2D eigenvalue weighted by atomic mass is 9.84. The van der Waals surface area contributed by atoms with Crippen molar-refractivity contribution in [2.45, 2.75) is 39.4 Å². The number of ether oxygens (including phenoxy) is 1. The van der Waals surface area contributed by atoms with E-state index in [1.165, 1.54) is 0 Å². The first-order valence-electron chi connectivity index (χ1n) is 4.28. The molecule has 0 bridgehead atoms. The summed E-state index contributed by atoms with van der Waals surface area (Å²) in [5, 5.41) is 9.73. The molecule has 0 fully saturated rings. The van der Waals surface area contributed by atoms with Crippen LogP contribution < -0.4 is 0 Å². The molecule has 0 aliphatic rings. The Bertz CT molecular complexity index is 141. The number of hydrogen-bond donors (Lipinski definition) is 1.